The number of ether oxygens (including phenoxy) is 1. The van der Waals surface area contributed by atoms with E-state index in [-0.39, 0.29) is 49.2 Å². The van der Waals surface area contributed by atoms with Gasteiger partial charge in [-0.2, -0.15) is 0 Å². The Morgan fingerprint density at radius 2 is 1.95 bits per heavy atom. The first-order chi connectivity index (χ1) is 20.4. The first-order valence-corrected chi connectivity index (χ1v) is 16.1. The van der Waals surface area contributed by atoms with Crippen LogP contribution in [0.15, 0.2) is 55.8 Å². The maximum Gasteiger partial charge on any atom is 0.240 e. The zero-order valence-corrected chi connectivity index (χ0v) is 25.3. The summed E-state index contributed by atoms with van der Waals surface area (Å²) in [6.07, 6.45) is 4.94. The number of benzene rings is 1. The molecule has 10 nitrogen and oxygen atoms in total. The van der Waals surface area contributed by atoms with Gasteiger partial charge in [-0.1, -0.05) is 37.3 Å². The summed E-state index contributed by atoms with van der Waals surface area (Å²) in [5, 5.41) is 1.15. The molecule has 0 unspecified atom stereocenters. The van der Waals surface area contributed by atoms with E-state index >= 15 is 0 Å². The lowest BCUT2D eigenvalue weighted by atomic mass is 9.91. The smallest absolute Gasteiger partial charge is 0.240 e. The Balaban J connectivity index is 1.39. The van der Waals surface area contributed by atoms with E-state index in [1.165, 1.54) is 4.90 Å². The van der Waals surface area contributed by atoms with Crippen molar-refractivity contribution in [1.29, 1.82) is 0 Å². The lowest BCUT2D eigenvalue weighted by Crippen LogP contribution is -2.46. The van der Waals surface area contributed by atoms with Crippen LogP contribution >= 0.6 is 0 Å². The molecule has 11 heteroatoms. The molecule has 2 aliphatic carbocycles. The Morgan fingerprint density at radius 1 is 1.21 bits per heavy atom. The molecule has 0 radical (unpaired) electrons. The number of hydrogen-bond donors (Lipinski definition) is 1. The van der Waals surface area contributed by atoms with Crippen molar-refractivity contribution >= 4 is 44.2 Å². The third kappa shape index (κ3) is 6.27. The van der Waals surface area contributed by atoms with Gasteiger partial charge in [0.25, 0.3) is 0 Å². The Bertz CT molecular complexity index is 1620. The number of pyridine rings is 1. The minimum absolute atomic E-state index is 0.0561. The van der Waals surface area contributed by atoms with Crippen LogP contribution in [-0.4, -0.2) is 65.6 Å². The first-order valence-electron chi connectivity index (χ1n) is 14.6. The highest BCUT2D eigenvalue weighted by molar-refractivity contribution is 7.90. The number of ketones is 2. The Hall–Kier alpha value is -3.86. The van der Waals surface area contributed by atoms with Crippen LogP contribution in [0.4, 0.5) is 0 Å². The number of aryl methyl sites for hydroxylation is 1. The molecule has 1 saturated heterocycles. The van der Waals surface area contributed by atoms with Crippen LogP contribution in [0, 0.1) is 24.2 Å². The maximum atomic E-state index is 13.9. The molecule has 1 aliphatic heterocycles. The average Bonchev–Trinajstić information content (AvgIpc) is 3.89. The van der Waals surface area contributed by atoms with E-state index in [4.69, 9.17) is 4.74 Å². The second-order valence-electron chi connectivity index (χ2n) is 12.1. The van der Waals surface area contributed by atoms with Crippen molar-refractivity contribution in [3.05, 3.63) is 61.3 Å². The Morgan fingerprint density at radius 3 is 2.60 bits per heavy atom. The SMILES string of the molecule is C=CC(=O)C[C@H](C)C(=O)N1C[C@H](Oc2nccc3cc(C)ccc23)C[C@H]1C(=O)C[C@]1(C(=O)NS(=O)(=O)C2CC2)C[C@@H]1C=C. The number of allylic oxidation sites excluding steroid dienone is 2. The van der Waals surface area contributed by atoms with E-state index in [9.17, 15) is 27.6 Å². The number of aromatic nitrogens is 1. The zero-order valence-electron chi connectivity index (χ0n) is 24.5. The van der Waals surface area contributed by atoms with Crippen LogP contribution in [0.25, 0.3) is 10.8 Å². The summed E-state index contributed by atoms with van der Waals surface area (Å²) < 4.78 is 33.5. The highest BCUT2D eigenvalue weighted by Gasteiger charge is 2.61. The van der Waals surface area contributed by atoms with Crippen LogP contribution in [0.1, 0.15) is 51.0 Å². The summed E-state index contributed by atoms with van der Waals surface area (Å²) >= 11 is 0. The van der Waals surface area contributed by atoms with Crippen molar-refractivity contribution in [3.8, 4) is 5.88 Å². The van der Waals surface area contributed by atoms with Crippen molar-refractivity contribution < 1.29 is 32.3 Å². The fourth-order valence-electron chi connectivity index (χ4n) is 6.02. The molecule has 0 bridgehead atoms. The van der Waals surface area contributed by atoms with Crippen LogP contribution in [-0.2, 0) is 29.2 Å². The number of likely N-dealkylation sites (tertiary alicyclic amines) is 1. The number of carbonyl (C=O) groups excluding carboxylic acids is 4. The molecule has 43 heavy (non-hydrogen) atoms. The molecule has 3 aliphatic rings. The molecule has 1 N–H and O–H groups in total. The summed E-state index contributed by atoms with van der Waals surface area (Å²) in [4.78, 5) is 58.7. The molecule has 2 heterocycles. The summed E-state index contributed by atoms with van der Waals surface area (Å²) in [6.45, 7) is 10.9. The standard InChI is InChI=1S/C32H37N3O7S/c1-5-22-16-32(22,31(39)34-43(40,41)25-8-9-25)17-28(37)27-15-24(18-35(27)30(38)20(4)14-23(36)6-2)42-29-26-10-7-19(3)13-21(26)11-12-33-29/h5-7,10-13,20,22,24-25,27H,1-2,8-9,14-18H2,3-4H3,(H,34,39)/t20-,22-,24+,27-,32+/m0/s1. The van der Waals surface area contributed by atoms with E-state index < -0.39 is 44.7 Å². The highest BCUT2D eigenvalue weighted by Crippen LogP contribution is 2.57. The summed E-state index contributed by atoms with van der Waals surface area (Å²) in [5.41, 5.74) is -0.162. The molecular formula is C32H37N3O7S. The largest absolute Gasteiger partial charge is 0.472 e. The monoisotopic (exact) mass is 607 g/mol. The molecule has 1 aromatic carbocycles. The number of nitrogens with one attached hydrogen (secondary N) is 1. The van der Waals surface area contributed by atoms with E-state index in [0.29, 0.717) is 25.1 Å². The molecule has 3 fully saturated rings. The lowest BCUT2D eigenvalue weighted by molar-refractivity contribution is -0.142. The molecule has 2 amide bonds. The van der Waals surface area contributed by atoms with Crippen LogP contribution in [0.5, 0.6) is 5.88 Å². The van der Waals surface area contributed by atoms with E-state index in [2.05, 4.69) is 22.9 Å². The van der Waals surface area contributed by atoms with E-state index in [1.54, 1.807) is 19.2 Å². The number of nitrogens with zero attached hydrogens (tertiary/aromatic N) is 2. The van der Waals surface area contributed by atoms with Crippen molar-refractivity contribution in [3.63, 3.8) is 0 Å². The number of Topliss-reactive ketones (excluding diaryl/α,β-unsaturated/α-hetero) is 1. The number of sulfonamides is 1. The third-order valence-electron chi connectivity index (χ3n) is 8.79. The topological polar surface area (TPSA) is 140 Å². The number of amides is 2. The molecule has 2 aromatic rings. The van der Waals surface area contributed by atoms with Gasteiger partial charge in [-0.3, -0.25) is 23.9 Å². The minimum atomic E-state index is -3.81. The number of fused-ring (bicyclic) bond motifs is 1. The van der Waals surface area contributed by atoms with Crippen molar-refractivity contribution in [2.75, 3.05) is 6.54 Å². The molecule has 2 saturated carbocycles. The molecule has 1 aromatic heterocycles. The summed E-state index contributed by atoms with van der Waals surface area (Å²) in [5.74, 6) is -2.43. The number of carbonyl (C=O) groups is 4. The summed E-state index contributed by atoms with van der Waals surface area (Å²) in [7, 11) is -3.81. The fraction of sp³-hybridized carbons (Fsp3) is 0.469. The predicted octanol–water partition coefficient (Wildman–Crippen LogP) is 3.43. The fourth-order valence-corrected chi connectivity index (χ4v) is 7.40. The van der Waals surface area contributed by atoms with Crippen molar-refractivity contribution in [2.45, 2.75) is 69.8 Å². The van der Waals surface area contributed by atoms with Crippen molar-refractivity contribution in [1.82, 2.24) is 14.6 Å². The van der Waals surface area contributed by atoms with Gasteiger partial charge in [0, 0.05) is 36.8 Å². The van der Waals surface area contributed by atoms with Gasteiger partial charge in [-0.05, 0) is 55.7 Å². The Labute approximate surface area is 251 Å². The molecule has 5 atom stereocenters. The van der Waals surface area contributed by atoms with Gasteiger partial charge in [0.15, 0.2) is 11.6 Å². The van der Waals surface area contributed by atoms with Crippen LogP contribution in [0.3, 0.4) is 0 Å². The van der Waals surface area contributed by atoms with Gasteiger partial charge in [0.05, 0.1) is 23.3 Å². The predicted molar refractivity (Wildman–Crippen MR) is 160 cm³/mol. The van der Waals surface area contributed by atoms with E-state index in [0.717, 1.165) is 22.4 Å². The third-order valence-corrected chi connectivity index (χ3v) is 10.6. The Kier molecular flexibility index (Phi) is 8.30. The van der Waals surface area contributed by atoms with Gasteiger partial charge in [-0.15, -0.1) is 6.58 Å². The second kappa shape index (κ2) is 11.7. The number of rotatable bonds is 13. The zero-order chi connectivity index (χ0) is 31.1. The lowest BCUT2D eigenvalue weighted by Gasteiger charge is -2.27. The van der Waals surface area contributed by atoms with Gasteiger partial charge in [0.2, 0.25) is 27.7 Å². The highest BCUT2D eigenvalue weighted by atomic mass is 32.2. The normalized spacial score (nSPS) is 25.5. The van der Waals surface area contributed by atoms with Gasteiger partial charge in [-0.25, -0.2) is 13.4 Å². The second-order valence-corrected chi connectivity index (χ2v) is 14.1. The van der Waals surface area contributed by atoms with Crippen LogP contribution in [0.2, 0.25) is 0 Å². The molecule has 5 rings (SSSR count). The van der Waals surface area contributed by atoms with Gasteiger partial charge < -0.3 is 9.64 Å². The van der Waals surface area contributed by atoms with E-state index in [1.807, 2.05) is 31.2 Å². The van der Waals surface area contributed by atoms with Crippen molar-refractivity contribution in [2.24, 2.45) is 17.3 Å². The first kappa shape index (κ1) is 30.6. The summed E-state index contributed by atoms with van der Waals surface area (Å²) in [6, 6.07) is 6.83. The average molecular weight is 608 g/mol. The molecule has 228 valence electrons. The maximum absolute atomic E-state index is 13.9. The van der Waals surface area contributed by atoms with Gasteiger partial charge in [0.1, 0.15) is 6.10 Å². The number of hydrogen-bond acceptors (Lipinski definition) is 8. The quantitative estimate of drug-likeness (QED) is 0.270. The van der Waals surface area contributed by atoms with Crippen LogP contribution < -0.4 is 9.46 Å². The molecule has 0 spiro atoms. The minimum Gasteiger partial charge on any atom is -0.472 e. The molecular weight excluding hydrogens is 570 g/mol. The van der Waals surface area contributed by atoms with Gasteiger partial charge >= 0.3 is 0 Å².